The molecule has 1 aromatic carbocycles. The zero-order chi connectivity index (χ0) is 14.0. The summed E-state index contributed by atoms with van der Waals surface area (Å²) in [6, 6.07) is 6.39. The molecule has 1 amide bonds. The second-order valence-corrected chi connectivity index (χ2v) is 6.23. The van der Waals surface area contributed by atoms with Crippen LogP contribution in [0.3, 0.4) is 0 Å². The normalized spacial score (nSPS) is 10.5. The van der Waals surface area contributed by atoms with Crippen LogP contribution in [0.5, 0.6) is 0 Å². The fraction of sp³-hybridized carbons (Fsp3) is 0.214. The molecule has 0 aliphatic rings. The maximum Gasteiger partial charge on any atom is 0.256 e. The molecule has 2 rings (SSSR count). The summed E-state index contributed by atoms with van der Waals surface area (Å²) in [5.41, 5.74) is 1.24. The van der Waals surface area contributed by atoms with Crippen molar-refractivity contribution in [3.63, 3.8) is 0 Å². The molecular formula is C14H13BrFNOS. The van der Waals surface area contributed by atoms with Gasteiger partial charge in [0.15, 0.2) is 0 Å². The zero-order valence-electron chi connectivity index (χ0n) is 10.6. The van der Waals surface area contributed by atoms with Gasteiger partial charge in [-0.1, -0.05) is 15.9 Å². The number of benzene rings is 1. The van der Waals surface area contributed by atoms with Gasteiger partial charge in [-0.05, 0) is 42.1 Å². The van der Waals surface area contributed by atoms with Crippen LogP contribution in [0.15, 0.2) is 34.1 Å². The van der Waals surface area contributed by atoms with E-state index in [4.69, 9.17) is 0 Å². The Morgan fingerprint density at radius 2 is 2.16 bits per heavy atom. The number of rotatable bonds is 3. The summed E-state index contributed by atoms with van der Waals surface area (Å²) in [6.45, 7) is 2.50. The molecule has 0 saturated carbocycles. The lowest BCUT2D eigenvalue weighted by Crippen LogP contribution is -2.27. The Morgan fingerprint density at radius 1 is 1.42 bits per heavy atom. The maximum absolute atomic E-state index is 13.7. The number of hydrogen-bond donors (Lipinski definition) is 0. The van der Waals surface area contributed by atoms with Gasteiger partial charge < -0.3 is 4.90 Å². The van der Waals surface area contributed by atoms with Crippen LogP contribution in [0, 0.1) is 12.7 Å². The molecule has 0 aliphatic heterocycles. The van der Waals surface area contributed by atoms with Gasteiger partial charge in [-0.3, -0.25) is 4.79 Å². The summed E-state index contributed by atoms with van der Waals surface area (Å²) in [5, 5.41) is 1.99. The number of amides is 1. The predicted molar refractivity (Wildman–Crippen MR) is 79.0 cm³/mol. The van der Waals surface area contributed by atoms with Gasteiger partial charge in [0.05, 0.1) is 12.1 Å². The highest BCUT2D eigenvalue weighted by Gasteiger charge is 2.17. The second-order valence-electron chi connectivity index (χ2n) is 4.31. The average molecular weight is 342 g/mol. The minimum atomic E-state index is -0.497. The Balaban J connectivity index is 2.19. The van der Waals surface area contributed by atoms with Gasteiger partial charge in [0.2, 0.25) is 0 Å². The number of carbonyl (C=O) groups excluding carboxylic acids is 1. The van der Waals surface area contributed by atoms with Crippen molar-refractivity contribution < 1.29 is 9.18 Å². The topological polar surface area (TPSA) is 20.3 Å². The highest BCUT2D eigenvalue weighted by molar-refractivity contribution is 9.10. The van der Waals surface area contributed by atoms with Crippen LogP contribution in [-0.2, 0) is 6.54 Å². The molecule has 0 bridgehead atoms. The van der Waals surface area contributed by atoms with Crippen molar-refractivity contribution in [3.05, 3.63) is 55.9 Å². The summed E-state index contributed by atoms with van der Waals surface area (Å²) < 4.78 is 14.4. The van der Waals surface area contributed by atoms with Crippen molar-refractivity contribution in [2.24, 2.45) is 0 Å². The second kappa shape index (κ2) is 5.84. The third kappa shape index (κ3) is 3.22. The van der Waals surface area contributed by atoms with E-state index in [1.54, 1.807) is 24.5 Å². The van der Waals surface area contributed by atoms with Crippen LogP contribution in [-0.4, -0.2) is 17.9 Å². The lowest BCUT2D eigenvalue weighted by atomic mass is 10.2. The van der Waals surface area contributed by atoms with Gasteiger partial charge in [0, 0.05) is 16.4 Å². The molecule has 0 saturated heterocycles. The summed E-state index contributed by atoms with van der Waals surface area (Å²) in [6.07, 6.45) is 0. The first-order valence-corrected chi connectivity index (χ1v) is 7.40. The fourth-order valence-electron chi connectivity index (χ4n) is 1.72. The number of thiophene rings is 1. The molecule has 2 aromatic rings. The van der Waals surface area contributed by atoms with Crippen LogP contribution in [0.25, 0.3) is 0 Å². The van der Waals surface area contributed by atoms with Gasteiger partial charge in [0.1, 0.15) is 5.82 Å². The van der Waals surface area contributed by atoms with E-state index in [9.17, 15) is 9.18 Å². The highest BCUT2D eigenvalue weighted by Crippen LogP contribution is 2.20. The molecule has 1 heterocycles. The van der Waals surface area contributed by atoms with Gasteiger partial charge in [-0.2, -0.15) is 0 Å². The fourth-order valence-corrected chi connectivity index (χ4v) is 3.04. The number of halogens is 2. The third-order valence-corrected chi connectivity index (χ3v) is 4.36. The minimum Gasteiger partial charge on any atom is -0.336 e. The Hall–Kier alpha value is -1.20. The molecule has 0 atom stereocenters. The number of nitrogens with zero attached hydrogens (tertiary/aromatic N) is 1. The molecule has 0 aliphatic carbocycles. The predicted octanol–water partition coefficient (Wildman–Crippen LogP) is 4.23. The first kappa shape index (κ1) is 14.2. The monoisotopic (exact) mass is 341 g/mol. The molecule has 0 unspecified atom stereocenters. The zero-order valence-corrected chi connectivity index (χ0v) is 13.0. The van der Waals surface area contributed by atoms with Crippen molar-refractivity contribution in [3.8, 4) is 0 Å². The average Bonchev–Trinajstić information content (AvgIpc) is 2.77. The number of aryl methyl sites for hydroxylation is 1. The summed E-state index contributed by atoms with van der Waals surface area (Å²) in [7, 11) is 1.68. The van der Waals surface area contributed by atoms with E-state index in [0.29, 0.717) is 11.0 Å². The van der Waals surface area contributed by atoms with Crippen molar-refractivity contribution >= 4 is 33.2 Å². The lowest BCUT2D eigenvalue weighted by molar-refractivity contribution is 0.0781. The van der Waals surface area contributed by atoms with Gasteiger partial charge in [-0.25, -0.2) is 4.39 Å². The standard InChI is InChI=1S/C14H13BrFNOS/c1-9-5-6-19-13(9)8-17(2)14(18)11-7-10(15)3-4-12(11)16/h3-7H,8H2,1-2H3. The van der Waals surface area contributed by atoms with Gasteiger partial charge >= 0.3 is 0 Å². The molecule has 0 N–H and O–H groups in total. The molecule has 100 valence electrons. The van der Waals surface area contributed by atoms with E-state index >= 15 is 0 Å². The van der Waals surface area contributed by atoms with Crippen molar-refractivity contribution in [2.45, 2.75) is 13.5 Å². The van der Waals surface area contributed by atoms with Gasteiger partial charge in [-0.15, -0.1) is 11.3 Å². The van der Waals surface area contributed by atoms with Crippen LogP contribution in [0.4, 0.5) is 4.39 Å². The number of carbonyl (C=O) groups is 1. The smallest absolute Gasteiger partial charge is 0.256 e. The van der Waals surface area contributed by atoms with E-state index in [0.717, 1.165) is 10.4 Å². The van der Waals surface area contributed by atoms with Crippen molar-refractivity contribution in [2.75, 3.05) is 7.05 Å². The Kier molecular flexibility index (Phi) is 4.37. The molecule has 0 radical (unpaired) electrons. The molecule has 0 spiro atoms. The first-order valence-electron chi connectivity index (χ1n) is 5.72. The first-order chi connectivity index (χ1) is 8.99. The number of hydrogen-bond acceptors (Lipinski definition) is 2. The molecule has 5 heteroatoms. The SMILES string of the molecule is Cc1ccsc1CN(C)C(=O)c1cc(Br)ccc1F. The molecule has 19 heavy (non-hydrogen) atoms. The molecule has 2 nitrogen and oxygen atoms in total. The van der Waals surface area contributed by atoms with Crippen molar-refractivity contribution in [1.29, 1.82) is 0 Å². The van der Waals surface area contributed by atoms with Gasteiger partial charge in [0.25, 0.3) is 5.91 Å². The summed E-state index contributed by atoms with van der Waals surface area (Å²) >= 11 is 4.85. The summed E-state index contributed by atoms with van der Waals surface area (Å²) in [4.78, 5) is 14.9. The Labute approximate surface area is 124 Å². The lowest BCUT2D eigenvalue weighted by Gasteiger charge is -2.17. The van der Waals surface area contributed by atoms with E-state index in [2.05, 4.69) is 15.9 Å². The molecule has 1 aromatic heterocycles. The summed E-state index contributed by atoms with van der Waals surface area (Å²) in [5.74, 6) is -0.811. The van der Waals surface area contributed by atoms with E-state index in [-0.39, 0.29) is 11.5 Å². The Bertz CT molecular complexity index is 611. The van der Waals surface area contributed by atoms with E-state index in [1.165, 1.54) is 17.0 Å². The van der Waals surface area contributed by atoms with Crippen LogP contribution >= 0.6 is 27.3 Å². The van der Waals surface area contributed by atoms with E-state index in [1.807, 2.05) is 18.4 Å². The molecular weight excluding hydrogens is 329 g/mol. The van der Waals surface area contributed by atoms with Crippen LogP contribution in [0.1, 0.15) is 20.8 Å². The van der Waals surface area contributed by atoms with E-state index < -0.39 is 5.82 Å². The van der Waals surface area contributed by atoms with Crippen molar-refractivity contribution in [1.82, 2.24) is 4.90 Å². The molecule has 0 fully saturated rings. The minimum absolute atomic E-state index is 0.0890. The maximum atomic E-state index is 13.7. The highest BCUT2D eigenvalue weighted by atomic mass is 79.9. The largest absolute Gasteiger partial charge is 0.336 e. The van der Waals surface area contributed by atoms with Crippen LogP contribution < -0.4 is 0 Å². The third-order valence-electron chi connectivity index (χ3n) is 2.85. The van der Waals surface area contributed by atoms with Crippen LogP contribution in [0.2, 0.25) is 0 Å². The quantitative estimate of drug-likeness (QED) is 0.817. The Morgan fingerprint density at radius 3 is 2.79 bits per heavy atom.